The summed E-state index contributed by atoms with van der Waals surface area (Å²) in [6, 6.07) is 11.0. The van der Waals surface area contributed by atoms with E-state index in [0.717, 1.165) is 11.3 Å². The van der Waals surface area contributed by atoms with Gasteiger partial charge in [-0.15, -0.1) is 0 Å². The highest BCUT2D eigenvalue weighted by Crippen LogP contribution is 2.28. The van der Waals surface area contributed by atoms with Crippen molar-refractivity contribution in [2.45, 2.75) is 20.4 Å². The first-order chi connectivity index (χ1) is 15.4. The standard InChI is InChI=1S/C23H23N5O4/c1-14-5-6-16(9-15(14)2)28-22-18(11-25-28)23(30)27(13-24-22)12-21(29)26-19-10-17(31-3)7-8-20(19)32-4/h5-11,13H,12H2,1-4H3,(H,26,29). The molecular weight excluding hydrogens is 410 g/mol. The van der Waals surface area contributed by atoms with Crippen LogP contribution in [0.25, 0.3) is 16.7 Å². The summed E-state index contributed by atoms with van der Waals surface area (Å²) >= 11 is 0. The van der Waals surface area contributed by atoms with Crippen LogP contribution in [0.5, 0.6) is 11.5 Å². The third-order valence-electron chi connectivity index (χ3n) is 5.28. The maximum atomic E-state index is 13.0. The molecule has 0 saturated heterocycles. The Bertz CT molecular complexity index is 1370. The summed E-state index contributed by atoms with van der Waals surface area (Å²) in [5, 5.41) is 7.42. The zero-order valence-electron chi connectivity index (χ0n) is 18.2. The lowest BCUT2D eigenvalue weighted by atomic mass is 10.1. The zero-order chi connectivity index (χ0) is 22.8. The van der Waals surface area contributed by atoms with Gasteiger partial charge in [0, 0.05) is 6.07 Å². The van der Waals surface area contributed by atoms with Gasteiger partial charge in [-0.2, -0.15) is 5.10 Å². The number of fused-ring (bicyclic) bond motifs is 1. The average Bonchev–Trinajstić information content (AvgIpc) is 3.22. The molecule has 1 amide bonds. The SMILES string of the molecule is COc1ccc(OC)c(NC(=O)Cn2cnc3c(cnn3-c3ccc(C)c(C)c3)c2=O)c1. The number of anilines is 1. The minimum Gasteiger partial charge on any atom is -0.497 e. The van der Waals surface area contributed by atoms with Gasteiger partial charge < -0.3 is 14.8 Å². The van der Waals surface area contributed by atoms with Crippen LogP contribution in [0.2, 0.25) is 0 Å². The minimum atomic E-state index is -0.402. The van der Waals surface area contributed by atoms with Gasteiger partial charge in [-0.05, 0) is 49.2 Å². The number of benzene rings is 2. The van der Waals surface area contributed by atoms with E-state index in [1.165, 1.54) is 36.9 Å². The van der Waals surface area contributed by atoms with E-state index in [2.05, 4.69) is 15.4 Å². The monoisotopic (exact) mass is 433 g/mol. The molecule has 0 aliphatic rings. The summed E-state index contributed by atoms with van der Waals surface area (Å²) in [4.78, 5) is 30.0. The summed E-state index contributed by atoms with van der Waals surface area (Å²) in [5.74, 6) is 0.649. The molecule has 9 heteroatoms. The van der Waals surface area contributed by atoms with E-state index in [1.54, 1.807) is 22.9 Å². The van der Waals surface area contributed by atoms with E-state index in [9.17, 15) is 9.59 Å². The quantitative estimate of drug-likeness (QED) is 0.502. The van der Waals surface area contributed by atoms with Crippen molar-refractivity contribution in [2.75, 3.05) is 19.5 Å². The maximum Gasteiger partial charge on any atom is 0.264 e. The predicted octanol–water partition coefficient (Wildman–Crippen LogP) is 2.85. The van der Waals surface area contributed by atoms with Crippen molar-refractivity contribution < 1.29 is 14.3 Å². The summed E-state index contributed by atoms with van der Waals surface area (Å²) < 4.78 is 13.3. The largest absolute Gasteiger partial charge is 0.497 e. The zero-order valence-corrected chi connectivity index (χ0v) is 18.2. The molecule has 4 aromatic rings. The number of hydrogen-bond donors (Lipinski definition) is 1. The second-order valence-electron chi connectivity index (χ2n) is 7.35. The Labute approximate surface area is 184 Å². The fraction of sp³-hybridized carbons (Fsp3) is 0.217. The van der Waals surface area contributed by atoms with Gasteiger partial charge in [-0.1, -0.05) is 6.07 Å². The molecule has 0 aliphatic carbocycles. The Hall–Kier alpha value is -4.14. The smallest absolute Gasteiger partial charge is 0.264 e. The summed E-state index contributed by atoms with van der Waals surface area (Å²) in [5.41, 5.74) is 3.63. The molecule has 1 N–H and O–H groups in total. The van der Waals surface area contributed by atoms with E-state index >= 15 is 0 Å². The first-order valence-electron chi connectivity index (χ1n) is 9.94. The molecule has 0 unspecified atom stereocenters. The van der Waals surface area contributed by atoms with Crippen molar-refractivity contribution in [1.29, 1.82) is 0 Å². The Morgan fingerprint density at radius 3 is 2.59 bits per heavy atom. The van der Waals surface area contributed by atoms with Gasteiger partial charge in [-0.3, -0.25) is 14.2 Å². The Kier molecular flexibility index (Phi) is 5.63. The predicted molar refractivity (Wildman–Crippen MR) is 121 cm³/mol. The van der Waals surface area contributed by atoms with Crippen LogP contribution in [0.3, 0.4) is 0 Å². The molecule has 0 saturated carbocycles. The van der Waals surface area contributed by atoms with E-state index in [-0.39, 0.29) is 12.1 Å². The van der Waals surface area contributed by atoms with Gasteiger partial charge in [0.25, 0.3) is 5.56 Å². The molecule has 2 heterocycles. The summed E-state index contributed by atoms with van der Waals surface area (Å²) in [7, 11) is 3.04. The first kappa shape index (κ1) is 21.1. The minimum absolute atomic E-state index is 0.211. The third-order valence-corrected chi connectivity index (χ3v) is 5.28. The molecule has 2 aromatic heterocycles. The molecule has 0 atom stereocenters. The summed E-state index contributed by atoms with van der Waals surface area (Å²) in [6.07, 6.45) is 2.83. The van der Waals surface area contributed by atoms with Crippen LogP contribution in [0, 0.1) is 13.8 Å². The van der Waals surface area contributed by atoms with Crippen molar-refractivity contribution in [2.24, 2.45) is 0 Å². The number of carbonyl (C=O) groups is 1. The molecule has 0 spiro atoms. The van der Waals surface area contributed by atoms with Gasteiger partial charge in [0.2, 0.25) is 5.91 Å². The van der Waals surface area contributed by atoms with Crippen LogP contribution in [-0.2, 0) is 11.3 Å². The van der Waals surface area contributed by atoms with Crippen molar-refractivity contribution in [3.63, 3.8) is 0 Å². The molecule has 2 aromatic carbocycles. The van der Waals surface area contributed by atoms with Crippen molar-refractivity contribution >= 4 is 22.6 Å². The van der Waals surface area contributed by atoms with E-state index in [4.69, 9.17) is 9.47 Å². The molecule has 0 bridgehead atoms. The number of rotatable bonds is 6. The molecular formula is C23H23N5O4. The first-order valence-corrected chi connectivity index (χ1v) is 9.94. The second-order valence-corrected chi connectivity index (χ2v) is 7.35. The fourth-order valence-corrected chi connectivity index (χ4v) is 3.36. The lowest BCUT2D eigenvalue weighted by Crippen LogP contribution is -2.28. The average molecular weight is 433 g/mol. The molecule has 32 heavy (non-hydrogen) atoms. The Balaban J connectivity index is 1.61. The van der Waals surface area contributed by atoms with E-state index in [1.807, 2.05) is 32.0 Å². The second kappa shape index (κ2) is 8.54. The van der Waals surface area contributed by atoms with Gasteiger partial charge in [-0.25, -0.2) is 9.67 Å². The molecule has 9 nitrogen and oxygen atoms in total. The maximum absolute atomic E-state index is 13.0. The fourth-order valence-electron chi connectivity index (χ4n) is 3.36. The van der Waals surface area contributed by atoms with E-state index in [0.29, 0.717) is 28.2 Å². The Morgan fingerprint density at radius 2 is 1.88 bits per heavy atom. The number of ether oxygens (including phenoxy) is 2. The van der Waals surface area contributed by atoms with Crippen LogP contribution in [0.4, 0.5) is 5.69 Å². The van der Waals surface area contributed by atoms with Crippen molar-refractivity contribution in [3.05, 3.63) is 70.4 Å². The third kappa shape index (κ3) is 3.92. The normalized spacial score (nSPS) is 10.9. The molecule has 0 fully saturated rings. The van der Waals surface area contributed by atoms with Crippen LogP contribution in [0.1, 0.15) is 11.1 Å². The highest BCUT2D eigenvalue weighted by molar-refractivity contribution is 5.92. The van der Waals surface area contributed by atoms with Gasteiger partial charge >= 0.3 is 0 Å². The number of methoxy groups -OCH3 is 2. The number of nitrogens with zero attached hydrogens (tertiary/aromatic N) is 4. The number of amides is 1. The number of aryl methyl sites for hydroxylation is 2. The molecule has 164 valence electrons. The van der Waals surface area contributed by atoms with Crippen LogP contribution in [0.15, 0.2) is 53.7 Å². The topological polar surface area (TPSA) is 100 Å². The van der Waals surface area contributed by atoms with Gasteiger partial charge in [0.15, 0.2) is 5.65 Å². The Morgan fingerprint density at radius 1 is 1.06 bits per heavy atom. The van der Waals surface area contributed by atoms with Gasteiger partial charge in [0.1, 0.15) is 29.8 Å². The molecule has 0 radical (unpaired) electrons. The molecule has 0 aliphatic heterocycles. The lowest BCUT2D eigenvalue weighted by molar-refractivity contribution is -0.116. The number of hydrogen-bond acceptors (Lipinski definition) is 6. The van der Waals surface area contributed by atoms with Gasteiger partial charge in [0.05, 0.1) is 31.8 Å². The lowest BCUT2D eigenvalue weighted by Gasteiger charge is -2.12. The number of nitrogens with one attached hydrogen (secondary N) is 1. The van der Waals surface area contributed by atoms with Crippen LogP contribution < -0.4 is 20.3 Å². The number of carbonyl (C=O) groups excluding carboxylic acids is 1. The van der Waals surface area contributed by atoms with Crippen molar-refractivity contribution in [3.8, 4) is 17.2 Å². The number of aromatic nitrogens is 4. The highest BCUT2D eigenvalue weighted by Gasteiger charge is 2.15. The van der Waals surface area contributed by atoms with Crippen LogP contribution >= 0.6 is 0 Å². The van der Waals surface area contributed by atoms with Crippen molar-refractivity contribution in [1.82, 2.24) is 19.3 Å². The van der Waals surface area contributed by atoms with Crippen LogP contribution in [-0.4, -0.2) is 39.5 Å². The highest BCUT2D eigenvalue weighted by atomic mass is 16.5. The van der Waals surface area contributed by atoms with E-state index < -0.39 is 5.91 Å². The molecule has 4 rings (SSSR count). The summed E-state index contributed by atoms with van der Waals surface area (Å²) in [6.45, 7) is 3.83.